The quantitative estimate of drug-likeness (QED) is 0.0142. The van der Waals surface area contributed by atoms with E-state index in [1.807, 2.05) is 0 Å². The van der Waals surface area contributed by atoms with Gasteiger partial charge in [0.25, 0.3) is 17.4 Å². The van der Waals surface area contributed by atoms with Gasteiger partial charge in [0.2, 0.25) is 0 Å². The van der Waals surface area contributed by atoms with Gasteiger partial charge in [0, 0.05) is 39.2 Å². The molecule has 0 bridgehead atoms. The van der Waals surface area contributed by atoms with E-state index in [4.69, 9.17) is 130 Å². The zero-order valence-electron chi connectivity index (χ0n) is 49.2. The fourth-order valence-corrected chi connectivity index (χ4v) is 10.9. The Labute approximate surface area is 529 Å². The highest BCUT2D eigenvalue weighted by Crippen LogP contribution is 2.43. The van der Waals surface area contributed by atoms with Crippen molar-refractivity contribution >= 4 is 113 Å². The SMILES string of the molecule is COC(=O)[C@@]1(OCCCN=[N+]=[N-])C[C@@H]2OC(=O)N[C@H]2[C@H]([C@H](OC(C)=O)[C@@H](CO[C@]2(C(=O)OC)C[C@@H]3OC(=O)N[C@H]3[C@H]([C@H](OC(C)=O)[C@@H](CO[C@]3(C(=O)OC)C[C@@H]4OC(=O)N[C@H]4[C@H]([C@H](OC(=O)CCl)[C@@H](COC(=O)CCl)OC(=O)CCl)O3)OC(C)=O)O2)OC(C)=O)O1. The minimum atomic E-state index is -2.96. The molecule has 18 atom stereocenters. The zero-order valence-corrected chi connectivity index (χ0v) is 51.5. The first-order valence-corrected chi connectivity index (χ1v) is 28.8. The van der Waals surface area contributed by atoms with Crippen LogP contribution in [-0.2, 0) is 138 Å². The number of rotatable bonds is 31. The van der Waals surface area contributed by atoms with Crippen molar-refractivity contribution in [3.8, 4) is 0 Å². The molecule has 91 heavy (non-hydrogen) atoms. The van der Waals surface area contributed by atoms with Crippen LogP contribution in [0.5, 0.6) is 0 Å². The molecule has 0 saturated carbocycles. The van der Waals surface area contributed by atoms with Gasteiger partial charge in [-0.2, -0.15) is 0 Å². The van der Waals surface area contributed by atoms with Crippen LogP contribution in [-0.4, -0.2) is 259 Å². The van der Waals surface area contributed by atoms with Gasteiger partial charge in [0.15, 0.2) is 36.6 Å². The third-order valence-electron chi connectivity index (χ3n) is 14.1. The molecule has 0 aromatic heterocycles. The lowest BCUT2D eigenvalue weighted by molar-refractivity contribution is -0.328. The van der Waals surface area contributed by atoms with Crippen LogP contribution in [0.2, 0.25) is 0 Å². The fourth-order valence-electron chi connectivity index (χ4n) is 10.7. The maximum absolute atomic E-state index is 14.5. The number of carbonyl (C=O) groups excluding carboxylic acids is 13. The number of methoxy groups -OCH3 is 3. The summed E-state index contributed by atoms with van der Waals surface area (Å²) >= 11 is 17.2. The van der Waals surface area contributed by atoms with Crippen LogP contribution in [0.15, 0.2) is 5.11 Å². The molecule has 6 rings (SSSR count). The average Bonchev–Trinajstić information content (AvgIpc) is 1.75. The monoisotopic (exact) mass is 1360 g/mol. The third-order valence-corrected chi connectivity index (χ3v) is 14.8. The van der Waals surface area contributed by atoms with E-state index in [9.17, 15) is 62.3 Å². The Kier molecular flexibility index (Phi) is 25.6. The summed E-state index contributed by atoms with van der Waals surface area (Å²) in [5.41, 5.74) is 8.79. The second-order valence-corrected chi connectivity index (χ2v) is 21.0. The molecule has 0 spiro atoms. The molecule has 0 aliphatic carbocycles. The third kappa shape index (κ3) is 17.7. The van der Waals surface area contributed by atoms with Crippen molar-refractivity contribution in [1.82, 2.24) is 16.0 Å². The Hall–Kier alpha value is -7.55. The van der Waals surface area contributed by atoms with E-state index in [0.29, 0.717) is 0 Å². The highest BCUT2D eigenvalue weighted by atomic mass is 35.5. The number of azide groups is 1. The predicted octanol–water partition coefficient (Wildman–Crippen LogP) is -1.05. The molecule has 38 nitrogen and oxygen atoms in total. The molecule has 3 N–H and O–H groups in total. The Morgan fingerprint density at radius 3 is 1.20 bits per heavy atom. The highest BCUT2D eigenvalue weighted by molar-refractivity contribution is 6.27. The van der Waals surface area contributed by atoms with Gasteiger partial charge >= 0.3 is 78.0 Å². The number of hydrogen-bond donors (Lipinski definition) is 3. The van der Waals surface area contributed by atoms with Gasteiger partial charge in [-0.15, -0.1) is 34.8 Å². The smallest absolute Gasteiger partial charge is 0.407 e. The van der Waals surface area contributed by atoms with Crippen molar-refractivity contribution in [2.75, 3.05) is 71.9 Å². The summed E-state index contributed by atoms with van der Waals surface area (Å²) in [5, 5.41) is 10.8. The summed E-state index contributed by atoms with van der Waals surface area (Å²) in [6.45, 7) is -0.262. The number of halogens is 3. The molecule has 0 aromatic carbocycles. The van der Waals surface area contributed by atoms with Gasteiger partial charge in [0.1, 0.15) is 60.9 Å². The van der Waals surface area contributed by atoms with E-state index < -0.39 is 243 Å². The molecule has 41 heteroatoms. The molecule has 506 valence electrons. The van der Waals surface area contributed by atoms with Gasteiger partial charge in [-0.1, -0.05) is 5.11 Å². The summed E-state index contributed by atoms with van der Waals surface area (Å²) in [6.07, 6.45) is -28.4. The number of amides is 3. The average molecular weight is 1370 g/mol. The number of fused-ring (bicyclic) bond motifs is 3. The molecule has 3 amide bonds. The van der Waals surface area contributed by atoms with Crippen LogP contribution in [0.25, 0.3) is 10.4 Å². The van der Waals surface area contributed by atoms with Crippen molar-refractivity contribution in [3.63, 3.8) is 0 Å². The van der Waals surface area contributed by atoms with Crippen LogP contribution < -0.4 is 16.0 Å². The molecule has 6 aliphatic rings. The van der Waals surface area contributed by atoms with E-state index in [-0.39, 0.29) is 19.6 Å². The molecule has 6 heterocycles. The lowest BCUT2D eigenvalue weighted by Crippen LogP contribution is -2.68. The predicted molar refractivity (Wildman–Crippen MR) is 286 cm³/mol. The van der Waals surface area contributed by atoms with Crippen molar-refractivity contribution in [2.45, 2.75) is 162 Å². The Balaban J connectivity index is 1.43. The minimum Gasteiger partial charge on any atom is -0.465 e. The molecule has 0 unspecified atom stereocenters. The second kappa shape index (κ2) is 32.1. The number of alkyl carbamates (subject to hydrolysis) is 3. The maximum atomic E-state index is 14.5. The van der Waals surface area contributed by atoms with Crippen molar-refractivity contribution in [3.05, 3.63) is 10.4 Å². The van der Waals surface area contributed by atoms with Crippen molar-refractivity contribution in [2.24, 2.45) is 5.11 Å². The minimum absolute atomic E-state index is 0.00286. The number of ether oxygens (including phenoxy) is 19. The van der Waals surface area contributed by atoms with E-state index in [0.717, 1.165) is 49.0 Å². The first-order valence-electron chi connectivity index (χ1n) is 27.2. The summed E-state index contributed by atoms with van der Waals surface area (Å²) in [5.74, 6) is -23.1. The Morgan fingerprint density at radius 1 is 0.516 bits per heavy atom. The van der Waals surface area contributed by atoms with E-state index in [1.54, 1.807) is 0 Å². The van der Waals surface area contributed by atoms with E-state index >= 15 is 0 Å². The van der Waals surface area contributed by atoms with Crippen LogP contribution in [0.3, 0.4) is 0 Å². The fraction of sp³-hybridized carbons (Fsp3) is 0.740. The van der Waals surface area contributed by atoms with Crippen LogP contribution in [0.4, 0.5) is 14.4 Å². The van der Waals surface area contributed by atoms with Gasteiger partial charge in [-0.3, -0.25) is 33.6 Å². The maximum Gasteiger partial charge on any atom is 0.407 e. The molecule has 0 radical (unpaired) electrons. The van der Waals surface area contributed by atoms with Crippen LogP contribution in [0, 0.1) is 0 Å². The molecule has 0 aromatic rings. The number of esters is 10. The van der Waals surface area contributed by atoms with Gasteiger partial charge < -0.3 is 106 Å². The Bertz CT molecular complexity index is 2820. The first kappa shape index (κ1) is 72.5. The lowest BCUT2D eigenvalue weighted by atomic mass is 9.88. The standard InChI is InChI=1S/C50H63Cl3N6O32/c1-20(60)80-28(36(82-22(3)62)39-33-24(85-45(70)56-33)11-48(89-39,42(67)73-5)77-10-8-9-55-59-54)18-78-49(43(68)74-6)12-25-34(57-46(71)86-25)40(90-49)37(83-23(4)63)29(81-21(2)61)19-79-50(44(69)75-7)13-26-35(58-47(72)87-26)41(91-50)38(88-32(66)16-53)27(84-31(65)15-52)17-76-30(64)14-51/h24-29,33-41H,8-19H2,1-7H3,(H,56,70)(H,57,71)(H,58,72)/t24-,25-,26-,27+,28+,29+,33+,34+,35+,36+,37+,38+,39+,40+,41+,48+,49+,50+/m0/s1. The molecule has 6 saturated heterocycles. The van der Waals surface area contributed by atoms with E-state index in [1.165, 1.54) is 0 Å². The molecule has 6 fully saturated rings. The summed E-state index contributed by atoms with van der Waals surface area (Å²) in [7, 11) is 2.66. The summed E-state index contributed by atoms with van der Waals surface area (Å²) in [4.78, 5) is 175. The van der Waals surface area contributed by atoms with Gasteiger partial charge in [-0.25, -0.2) is 28.8 Å². The first-order chi connectivity index (χ1) is 43.1. The Morgan fingerprint density at radius 2 is 0.857 bits per heavy atom. The number of carbonyl (C=O) groups is 13. The van der Waals surface area contributed by atoms with Gasteiger partial charge in [-0.05, 0) is 12.0 Å². The van der Waals surface area contributed by atoms with Gasteiger partial charge in [0.05, 0.1) is 78.5 Å². The van der Waals surface area contributed by atoms with Crippen molar-refractivity contribution in [1.29, 1.82) is 0 Å². The van der Waals surface area contributed by atoms with Crippen LogP contribution >= 0.6 is 34.8 Å². The zero-order chi connectivity index (χ0) is 67.1. The summed E-state index contributed by atoms with van der Waals surface area (Å²) in [6, 6.07) is -4.40. The normalized spacial score (nSPS) is 29.6. The molecule has 6 aliphatic heterocycles. The number of hydrogen-bond acceptors (Lipinski definition) is 33. The van der Waals surface area contributed by atoms with Crippen molar-refractivity contribution < 1.29 is 152 Å². The number of alkyl halides is 3. The van der Waals surface area contributed by atoms with E-state index in [2.05, 4.69) is 26.0 Å². The number of nitrogens with zero attached hydrogens (tertiary/aromatic N) is 3. The second-order valence-electron chi connectivity index (χ2n) is 20.2. The largest absolute Gasteiger partial charge is 0.465 e. The number of nitrogens with one attached hydrogen (secondary N) is 3. The molecular formula is C50H63Cl3N6O32. The topological polar surface area (TPSA) is 482 Å². The lowest BCUT2D eigenvalue weighted by Gasteiger charge is -2.48. The molecular weight excluding hydrogens is 1300 g/mol. The highest BCUT2D eigenvalue weighted by Gasteiger charge is 2.66. The van der Waals surface area contributed by atoms with Crippen LogP contribution in [0.1, 0.15) is 53.4 Å². The summed E-state index contributed by atoms with van der Waals surface area (Å²) < 4.78 is 108.